The molecule has 0 aliphatic heterocycles. The van der Waals surface area contributed by atoms with Crippen molar-refractivity contribution in [3.63, 3.8) is 0 Å². The summed E-state index contributed by atoms with van der Waals surface area (Å²) in [5.41, 5.74) is 0.995. The maximum atomic E-state index is 12.2. The third kappa shape index (κ3) is 3.93. The van der Waals surface area contributed by atoms with E-state index in [1.807, 2.05) is 30.3 Å². The summed E-state index contributed by atoms with van der Waals surface area (Å²) in [6.45, 7) is 0.255. The molecule has 0 aliphatic rings. The fraction of sp³-hybridized carbons (Fsp3) is 0.235. The summed E-state index contributed by atoms with van der Waals surface area (Å²) in [7, 11) is 0.425. The van der Waals surface area contributed by atoms with Crippen LogP contribution in [0.1, 0.15) is 15.9 Å². The second-order valence-electron chi connectivity index (χ2n) is 5.21. The van der Waals surface area contributed by atoms with Gasteiger partial charge in [-0.2, -0.15) is 0 Å². The van der Waals surface area contributed by atoms with E-state index in [0.717, 1.165) is 9.87 Å². The monoisotopic (exact) mass is 349 g/mol. The lowest BCUT2D eigenvalue weighted by Crippen LogP contribution is -2.22. The Hall–Kier alpha value is -2.38. The predicted molar refractivity (Wildman–Crippen MR) is 89.4 cm³/mol. The van der Waals surface area contributed by atoms with Gasteiger partial charge < -0.3 is 9.47 Å². The molecule has 0 bridgehead atoms. The van der Waals surface area contributed by atoms with E-state index in [2.05, 4.69) is 0 Å². The van der Waals surface area contributed by atoms with E-state index >= 15 is 0 Å². The van der Waals surface area contributed by atoms with E-state index < -0.39 is 16.0 Å². The number of hydrogen-bond acceptors (Lipinski definition) is 5. The van der Waals surface area contributed by atoms with Crippen LogP contribution in [0.15, 0.2) is 53.4 Å². The highest BCUT2D eigenvalue weighted by molar-refractivity contribution is 7.89. The van der Waals surface area contributed by atoms with Gasteiger partial charge in [0.05, 0.1) is 12.0 Å². The minimum atomic E-state index is -3.65. The zero-order valence-electron chi connectivity index (χ0n) is 13.7. The maximum absolute atomic E-state index is 12.2. The molecule has 0 aliphatic carbocycles. The van der Waals surface area contributed by atoms with Crippen molar-refractivity contribution in [3.05, 3.63) is 59.7 Å². The smallest absolute Gasteiger partial charge is 0.341 e. The molecule has 0 amide bonds. The van der Waals surface area contributed by atoms with Crippen LogP contribution < -0.4 is 4.74 Å². The highest BCUT2D eigenvalue weighted by atomic mass is 32.2. The number of methoxy groups -OCH3 is 1. The number of benzene rings is 2. The Morgan fingerprint density at radius 1 is 1.08 bits per heavy atom. The zero-order valence-corrected chi connectivity index (χ0v) is 14.5. The molecule has 0 radical (unpaired) electrons. The largest absolute Gasteiger partial charge is 0.488 e. The molecule has 0 unspecified atom stereocenters. The van der Waals surface area contributed by atoms with Gasteiger partial charge in [0.1, 0.15) is 17.9 Å². The van der Waals surface area contributed by atoms with Gasteiger partial charge in [-0.3, -0.25) is 0 Å². The molecular weight excluding hydrogens is 330 g/mol. The van der Waals surface area contributed by atoms with Gasteiger partial charge in [0.25, 0.3) is 0 Å². The molecule has 0 saturated carbocycles. The summed E-state index contributed by atoms with van der Waals surface area (Å²) in [6, 6.07) is 13.6. The molecule has 0 saturated heterocycles. The van der Waals surface area contributed by atoms with Crippen LogP contribution in [0.25, 0.3) is 0 Å². The summed E-state index contributed by atoms with van der Waals surface area (Å²) in [5.74, 6) is -0.391. The normalized spacial score (nSPS) is 11.3. The molecular formula is C17H19NO5S. The van der Waals surface area contributed by atoms with Crippen LogP contribution in [0.2, 0.25) is 0 Å². The van der Waals surface area contributed by atoms with Gasteiger partial charge in [-0.15, -0.1) is 0 Å². The number of nitrogens with zero attached hydrogens (tertiary/aromatic N) is 1. The van der Waals surface area contributed by atoms with Gasteiger partial charge in [-0.1, -0.05) is 30.3 Å². The number of esters is 1. The number of hydrogen-bond donors (Lipinski definition) is 0. The molecule has 0 fully saturated rings. The Labute approximate surface area is 141 Å². The highest BCUT2D eigenvalue weighted by Gasteiger charge is 2.22. The Balaban J connectivity index is 2.36. The molecule has 0 aromatic heterocycles. The summed E-state index contributed by atoms with van der Waals surface area (Å²) in [6.07, 6.45) is 0. The van der Waals surface area contributed by atoms with Gasteiger partial charge in [0, 0.05) is 14.1 Å². The third-order valence-electron chi connectivity index (χ3n) is 3.37. The van der Waals surface area contributed by atoms with Crippen molar-refractivity contribution >= 4 is 16.0 Å². The topological polar surface area (TPSA) is 72.9 Å². The van der Waals surface area contributed by atoms with Crippen LogP contribution in [0, 0.1) is 0 Å². The predicted octanol–water partition coefficient (Wildman–Crippen LogP) is 2.30. The molecule has 6 nitrogen and oxygen atoms in total. The fourth-order valence-electron chi connectivity index (χ4n) is 2.01. The van der Waals surface area contributed by atoms with Crippen LogP contribution in [-0.4, -0.2) is 39.9 Å². The first-order valence-corrected chi connectivity index (χ1v) is 8.62. The number of sulfonamides is 1. The molecule has 7 heteroatoms. The van der Waals surface area contributed by atoms with E-state index in [9.17, 15) is 13.2 Å². The Bertz CT molecular complexity index is 816. The van der Waals surface area contributed by atoms with Crippen LogP contribution in [0.4, 0.5) is 0 Å². The second kappa shape index (κ2) is 7.46. The number of carbonyl (C=O) groups is 1. The van der Waals surface area contributed by atoms with Crippen LogP contribution in [0.5, 0.6) is 5.75 Å². The molecule has 2 rings (SSSR count). The molecule has 128 valence electrons. The van der Waals surface area contributed by atoms with Crippen molar-refractivity contribution in [1.29, 1.82) is 0 Å². The minimum Gasteiger partial charge on any atom is -0.488 e. The number of rotatable bonds is 6. The van der Waals surface area contributed by atoms with Gasteiger partial charge >= 0.3 is 5.97 Å². The fourth-order valence-corrected chi connectivity index (χ4v) is 2.94. The standard InChI is InChI=1S/C17H19NO5S/c1-18(2)24(20,21)14-9-10-16(15(11-14)17(19)22-3)23-12-13-7-5-4-6-8-13/h4-11H,12H2,1-3H3. The molecule has 2 aromatic carbocycles. The summed E-state index contributed by atoms with van der Waals surface area (Å²) >= 11 is 0. The first kappa shape index (κ1) is 18.0. The Morgan fingerprint density at radius 3 is 2.33 bits per heavy atom. The second-order valence-corrected chi connectivity index (χ2v) is 7.36. The zero-order chi connectivity index (χ0) is 17.7. The van der Waals surface area contributed by atoms with E-state index in [1.165, 1.54) is 39.4 Å². The molecule has 0 spiro atoms. The van der Waals surface area contributed by atoms with E-state index in [0.29, 0.717) is 0 Å². The molecule has 0 N–H and O–H groups in total. The summed E-state index contributed by atoms with van der Waals surface area (Å²) < 4.78 is 35.9. The van der Waals surface area contributed by atoms with Gasteiger partial charge in [0.15, 0.2) is 0 Å². The van der Waals surface area contributed by atoms with Crippen LogP contribution in [-0.2, 0) is 21.4 Å². The van der Waals surface area contributed by atoms with Gasteiger partial charge in [-0.05, 0) is 23.8 Å². The van der Waals surface area contributed by atoms with Crippen LogP contribution in [0.3, 0.4) is 0 Å². The van der Waals surface area contributed by atoms with E-state index in [4.69, 9.17) is 9.47 Å². The van der Waals surface area contributed by atoms with Crippen molar-refractivity contribution < 1.29 is 22.7 Å². The maximum Gasteiger partial charge on any atom is 0.341 e. The Morgan fingerprint density at radius 2 is 1.75 bits per heavy atom. The first-order chi connectivity index (χ1) is 11.4. The lowest BCUT2D eigenvalue weighted by Gasteiger charge is -2.15. The van der Waals surface area contributed by atoms with Gasteiger partial charge in [-0.25, -0.2) is 17.5 Å². The number of ether oxygens (including phenoxy) is 2. The first-order valence-electron chi connectivity index (χ1n) is 7.18. The lowest BCUT2D eigenvalue weighted by atomic mass is 10.2. The SMILES string of the molecule is COC(=O)c1cc(S(=O)(=O)N(C)C)ccc1OCc1ccccc1. The molecule has 24 heavy (non-hydrogen) atoms. The van der Waals surface area contributed by atoms with Crippen molar-refractivity contribution in [3.8, 4) is 5.75 Å². The molecule has 0 atom stereocenters. The quantitative estimate of drug-likeness (QED) is 0.748. The van der Waals surface area contributed by atoms with Gasteiger partial charge in [0.2, 0.25) is 10.0 Å². The molecule has 0 heterocycles. The Kier molecular flexibility index (Phi) is 5.58. The summed E-state index contributed by atoms with van der Waals surface area (Å²) in [4.78, 5) is 12.0. The third-order valence-corrected chi connectivity index (χ3v) is 5.18. The average Bonchev–Trinajstić information content (AvgIpc) is 2.59. The van der Waals surface area contributed by atoms with Crippen LogP contribution >= 0.6 is 0 Å². The summed E-state index contributed by atoms with van der Waals surface area (Å²) in [5, 5.41) is 0. The highest BCUT2D eigenvalue weighted by Crippen LogP contribution is 2.25. The molecule has 2 aromatic rings. The lowest BCUT2D eigenvalue weighted by molar-refractivity contribution is 0.0595. The van der Waals surface area contributed by atoms with Crippen molar-refractivity contribution in [1.82, 2.24) is 4.31 Å². The average molecular weight is 349 g/mol. The van der Waals surface area contributed by atoms with E-state index in [1.54, 1.807) is 0 Å². The van der Waals surface area contributed by atoms with Crippen molar-refractivity contribution in [2.45, 2.75) is 11.5 Å². The van der Waals surface area contributed by atoms with E-state index in [-0.39, 0.29) is 22.8 Å². The van der Waals surface area contributed by atoms with Crippen molar-refractivity contribution in [2.75, 3.05) is 21.2 Å². The minimum absolute atomic E-state index is 0.0000360. The van der Waals surface area contributed by atoms with Crippen molar-refractivity contribution in [2.24, 2.45) is 0 Å². The number of carbonyl (C=O) groups excluding carboxylic acids is 1.